The zero-order valence-corrected chi connectivity index (χ0v) is 12.3. The Morgan fingerprint density at radius 2 is 2.25 bits per heavy atom. The number of nitrogens with zero attached hydrogens (tertiary/aromatic N) is 1. The zero-order valence-electron chi connectivity index (χ0n) is 11.5. The highest BCUT2D eigenvalue weighted by atomic mass is 35.5. The first-order chi connectivity index (χ1) is 9.17. The summed E-state index contributed by atoms with van der Waals surface area (Å²) in [6.07, 6.45) is 1.30. The van der Waals surface area contributed by atoms with Gasteiger partial charge in [-0.3, -0.25) is 9.89 Å². The number of methoxy groups -OCH3 is 1. The molecule has 1 amide bonds. The van der Waals surface area contributed by atoms with E-state index < -0.39 is 12.0 Å². The van der Waals surface area contributed by atoms with Crippen LogP contribution in [0.1, 0.15) is 35.1 Å². The van der Waals surface area contributed by atoms with E-state index in [1.807, 2.05) is 6.92 Å². The van der Waals surface area contributed by atoms with E-state index in [0.29, 0.717) is 18.7 Å². The zero-order chi connectivity index (χ0) is 13.8. The van der Waals surface area contributed by atoms with Crippen LogP contribution < -0.4 is 10.6 Å². The number of rotatable bonds is 4. The van der Waals surface area contributed by atoms with E-state index in [9.17, 15) is 9.59 Å². The SMILES string of the molecule is CCC(NC(=O)c1n[nH]c2c1CNCC2)C(=O)OC.Cl. The van der Waals surface area contributed by atoms with Crippen LogP contribution in [0.3, 0.4) is 0 Å². The number of carbonyl (C=O) groups excluding carboxylic acids is 2. The van der Waals surface area contributed by atoms with Gasteiger partial charge in [-0.15, -0.1) is 12.4 Å². The summed E-state index contributed by atoms with van der Waals surface area (Å²) in [4.78, 5) is 23.6. The lowest BCUT2D eigenvalue weighted by Gasteiger charge is -2.15. The molecule has 112 valence electrons. The molecule has 8 heteroatoms. The number of aromatic nitrogens is 2. The van der Waals surface area contributed by atoms with E-state index in [1.165, 1.54) is 7.11 Å². The first-order valence-corrected chi connectivity index (χ1v) is 6.32. The molecule has 1 aromatic rings. The van der Waals surface area contributed by atoms with Gasteiger partial charge < -0.3 is 15.4 Å². The van der Waals surface area contributed by atoms with Crippen LogP contribution in [0.2, 0.25) is 0 Å². The van der Waals surface area contributed by atoms with Crippen molar-refractivity contribution < 1.29 is 14.3 Å². The minimum absolute atomic E-state index is 0. The summed E-state index contributed by atoms with van der Waals surface area (Å²) in [5.74, 6) is -0.795. The lowest BCUT2D eigenvalue weighted by atomic mass is 10.1. The summed E-state index contributed by atoms with van der Waals surface area (Å²) in [6.45, 7) is 3.29. The van der Waals surface area contributed by atoms with Crippen molar-refractivity contribution in [3.05, 3.63) is 17.0 Å². The van der Waals surface area contributed by atoms with Crippen LogP contribution in [0, 0.1) is 0 Å². The molecule has 2 heterocycles. The summed E-state index contributed by atoms with van der Waals surface area (Å²) >= 11 is 0. The van der Waals surface area contributed by atoms with Gasteiger partial charge >= 0.3 is 5.97 Å². The lowest BCUT2D eigenvalue weighted by molar-refractivity contribution is -0.142. The maximum atomic E-state index is 12.1. The number of halogens is 1. The molecule has 0 aromatic carbocycles. The van der Waals surface area contributed by atoms with Gasteiger partial charge in [0.1, 0.15) is 6.04 Å². The summed E-state index contributed by atoms with van der Waals surface area (Å²) in [5, 5.41) is 12.8. The molecule has 0 spiro atoms. The summed E-state index contributed by atoms with van der Waals surface area (Å²) in [7, 11) is 1.30. The van der Waals surface area contributed by atoms with E-state index in [0.717, 1.165) is 24.2 Å². The number of fused-ring (bicyclic) bond motifs is 1. The number of aromatic amines is 1. The molecule has 0 aliphatic carbocycles. The Morgan fingerprint density at radius 3 is 2.90 bits per heavy atom. The molecule has 2 rings (SSSR count). The van der Waals surface area contributed by atoms with Crippen molar-refractivity contribution in [1.82, 2.24) is 20.8 Å². The summed E-state index contributed by atoms with van der Waals surface area (Å²) in [5.41, 5.74) is 2.21. The minimum atomic E-state index is -0.638. The standard InChI is InChI=1S/C12H18N4O3.ClH/c1-3-8(12(18)19-2)14-11(17)10-7-6-13-5-4-9(7)15-16-10;/h8,13H,3-6H2,1-2H3,(H,14,17)(H,15,16);1H. The average Bonchev–Trinajstić information content (AvgIpc) is 2.87. The molecule has 20 heavy (non-hydrogen) atoms. The van der Waals surface area contributed by atoms with E-state index >= 15 is 0 Å². The number of hydrogen-bond acceptors (Lipinski definition) is 5. The predicted molar refractivity (Wildman–Crippen MR) is 74.8 cm³/mol. The van der Waals surface area contributed by atoms with Crippen molar-refractivity contribution in [1.29, 1.82) is 0 Å². The molecule has 0 bridgehead atoms. The molecule has 1 aliphatic rings. The van der Waals surface area contributed by atoms with Crippen LogP contribution >= 0.6 is 12.4 Å². The van der Waals surface area contributed by atoms with Crippen molar-refractivity contribution in [2.45, 2.75) is 32.4 Å². The lowest BCUT2D eigenvalue weighted by Crippen LogP contribution is -2.41. The number of nitrogens with one attached hydrogen (secondary N) is 3. The third kappa shape index (κ3) is 3.29. The third-order valence-corrected chi connectivity index (χ3v) is 3.22. The van der Waals surface area contributed by atoms with Gasteiger partial charge in [-0.05, 0) is 6.42 Å². The molecule has 7 nitrogen and oxygen atoms in total. The number of amides is 1. The predicted octanol–water partition coefficient (Wildman–Crippen LogP) is 0.159. The van der Waals surface area contributed by atoms with Crippen LogP contribution in [-0.4, -0.2) is 41.8 Å². The molecule has 0 saturated heterocycles. The van der Waals surface area contributed by atoms with Gasteiger partial charge in [-0.1, -0.05) is 6.92 Å². The van der Waals surface area contributed by atoms with Crippen molar-refractivity contribution in [3.63, 3.8) is 0 Å². The first kappa shape index (κ1) is 16.5. The maximum Gasteiger partial charge on any atom is 0.328 e. The first-order valence-electron chi connectivity index (χ1n) is 6.32. The molecule has 1 aromatic heterocycles. The van der Waals surface area contributed by atoms with Crippen molar-refractivity contribution in [3.8, 4) is 0 Å². The Morgan fingerprint density at radius 1 is 1.50 bits per heavy atom. The topological polar surface area (TPSA) is 96.1 Å². The number of carbonyl (C=O) groups is 2. The second-order valence-electron chi connectivity index (χ2n) is 4.41. The van der Waals surface area contributed by atoms with Gasteiger partial charge in [-0.25, -0.2) is 4.79 Å². The molecule has 1 unspecified atom stereocenters. The second-order valence-corrected chi connectivity index (χ2v) is 4.41. The van der Waals surface area contributed by atoms with Crippen LogP contribution in [0.4, 0.5) is 0 Å². The fourth-order valence-corrected chi connectivity index (χ4v) is 2.11. The molecule has 0 radical (unpaired) electrons. The highest BCUT2D eigenvalue weighted by Crippen LogP contribution is 2.15. The smallest absolute Gasteiger partial charge is 0.328 e. The molecule has 0 saturated carbocycles. The van der Waals surface area contributed by atoms with Gasteiger partial charge in [0.25, 0.3) is 5.91 Å². The van der Waals surface area contributed by atoms with Crippen LogP contribution in [-0.2, 0) is 22.5 Å². The number of esters is 1. The molecule has 3 N–H and O–H groups in total. The van der Waals surface area contributed by atoms with Gasteiger partial charge in [0, 0.05) is 30.8 Å². The van der Waals surface area contributed by atoms with Gasteiger partial charge in [0.2, 0.25) is 0 Å². The number of hydrogen-bond donors (Lipinski definition) is 3. The highest BCUT2D eigenvalue weighted by Gasteiger charge is 2.25. The Labute approximate surface area is 123 Å². The van der Waals surface area contributed by atoms with E-state index in [4.69, 9.17) is 0 Å². The number of H-pyrrole nitrogens is 1. The van der Waals surface area contributed by atoms with Gasteiger partial charge in [-0.2, -0.15) is 5.10 Å². The van der Waals surface area contributed by atoms with Crippen LogP contribution in [0.5, 0.6) is 0 Å². The maximum absolute atomic E-state index is 12.1. The highest BCUT2D eigenvalue weighted by molar-refractivity contribution is 5.96. The molecule has 0 fully saturated rings. The minimum Gasteiger partial charge on any atom is -0.467 e. The molecule has 1 atom stereocenters. The van der Waals surface area contributed by atoms with Crippen LogP contribution in [0.25, 0.3) is 0 Å². The monoisotopic (exact) mass is 302 g/mol. The second kappa shape index (κ2) is 7.25. The quantitative estimate of drug-likeness (QED) is 0.689. The Bertz CT molecular complexity index is 489. The summed E-state index contributed by atoms with van der Waals surface area (Å²) < 4.78 is 4.64. The van der Waals surface area contributed by atoms with Crippen molar-refractivity contribution >= 4 is 24.3 Å². The van der Waals surface area contributed by atoms with Crippen LogP contribution in [0.15, 0.2) is 0 Å². The third-order valence-electron chi connectivity index (χ3n) is 3.22. The fourth-order valence-electron chi connectivity index (χ4n) is 2.11. The van der Waals surface area contributed by atoms with E-state index in [-0.39, 0.29) is 18.3 Å². The molecular formula is C12H19ClN4O3. The van der Waals surface area contributed by atoms with Crippen molar-refractivity contribution in [2.75, 3.05) is 13.7 Å². The Kier molecular flexibility index (Phi) is 5.97. The fraction of sp³-hybridized carbons (Fsp3) is 0.583. The Balaban J connectivity index is 0.00000200. The van der Waals surface area contributed by atoms with Crippen molar-refractivity contribution in [2.24, 2.45) is 0 Å². The largest absolute Gasteiger partial charge is 0.467 e. The number of ether oxygens (including phenoxy) is 1. The van der Waals surface area contributed by atoms with E-state index in [1.54, 1.807) is 0 Å². The molecular weight excluding hydrogens is 284 g/mol. The normalized spacial score (nSPS) is 14.7. The average molecular weight is 303 g/mol. The Hall–Kier alpha value is -1.60. The summed E-state index contributed by atoms with van der Waals surface area (Å²) in [6, 6.07) is -0.638. The van der Waals surface area contributed by atoms with Gasteiger partial charge in [0.05, 0.1) is 7.11 Å². The van der Waals surface area contributed by atoms with Gasteiger partial charge in [0.15, 0.2) is 5.69 Å². The molecule has 1 aliphatic heterocycles. The van der Waals surface area contributed by atoms with E-state index in [2.05, 4.69) is 25.6 Å².